The topological polar surface area (TPSA) is 72.9 Å². The van der Waals surface area contributed by atoms with Gasteiger partial charge in [0.1, 0.15) is 5.69 Å². The van der Waals surface area contributed by atoms with Crippen molar-refractivity contribution in [1.82, 2.24) is 15.1 Å². The average molecular weight is 399 g/mol. The standard InChI is InChI=1S/C22H26N4O.ClH/c1-15-4-8-18(9-5-15)13-26-14-20(22(27)24-17(3)12-23)21(25-26)19-10-6-16(2)7-11-19;/h4-11,14,17H,12-13,23H2,1-3H3,(H,24,27);1H/t17-;/m0./s1. The minimum absolute atomic E-state index is 0. The van der Waals surface area contributed by atoms with Crippen LogP contribution in [0.2, 0.25) is 0 Å². The molecule has 2 aromatic carbocycles. The van der Waals surface area contributed by atoms with Crippen molar-refractivity contribution < 1.29 is 4.79 Å². The number of aryl methyl sites for hydroxylation is 2. The number of nitrogens with zero attached hydrogens (tertiary/aromatic N) is 2. The zero-order valence-electron chi connectivity index (χ0n) is 16.5. The minimum atomic E-state index is -0.154. The Morgan fingerprint density at radius 1 is 1.07 bits per heavy atom. The number of nitrogens with one attached hydrogen (secondary N) is 1. The van der Waals surface area contributed by atoms with Crippen LogP contribution in [0.15, 0.2) is 54.7 Å². The van der Waals surface area contributed by atoms with Crippen LogP contribution in [0.4, 0.5) is 0 Å². The normalized spacial score (nSPS) is 11.6. The quantitative estimate of drug-likeness (QED) is 0.664. The largest absolute Gasteiger partial charge is 0.348 e. The molecule has 0 saturated heterocycles. The van der Waals surface area contributed by atoms with Crippen molar-refractivity contribution >= 4 is 18.3 Å². The summed E-state index contributed by atoms with van der Waals surface area (Å²) in [6.45, 7) is 6.99. The lowest BCUT2D eigenvalue weighted by Gasteiger charge is -2.11. The molecule has 1 heterocycles. The molecule has 0 aliphatic rings. The molecule has 0 fully saturated rings. The lowest BCUT2D eigenvalue weighted by molar-refractivity contribution is 0.0942. The van der Waals surface area contributed by atoms with E-state index in [2.05, 4.69) is 36.5 Å². The van der Waals surface area contributed by atoms with E-state index in [-0.39, 0.29) is 24.4 Å². The monoisotopic (exact) mass is 398 g/mol. The molecule has 0 unspecified atom stereocenters. The Hall–Kier alpha value is -2.63. The Morgan fingerprint density at radius 2 is 1.64 bits per heavy atom. The Morgan fingerprint density at radius 3 is 2.21 bits per heavy atom. The second kappa shape index (κ2) is 9.53. The fourth-order valence-corrected chi connectivity index (χ4v) is 2.83. The van der Waals surface area contributed by atoms with Gasteiger partial charge in [-0.25, -0.2) is 0 Å². The lowest BCUT2D eigenvalue weighted by Crippen LogP contribution is -2.37. The smallest absolute Gasteiger partial charge is 0.255 e. The first-order valence-electron chi connectivity index (χ1n) is 9.17. The Bertz CT molecular complexity index is 917. The van der Waals surface area contributed by atoms with E-state index in [1.807, 2.05) is 49.0 Å². The summed E-state index contributed by atoms with van der Waals surface area (Å²) in [6.07, 6.45) is 1.81. The molecule has 0 aliphatic heterocycles. The summed E-state index contributed by atoms with van der Waals surface area (Å²) in [5.74, 6) is -0.154. The summed E-state index contributed by atoms with van der Waals surface area (Å²) in [6, 6.07) is 16.3. The molecule has 0 aliphatic carbocycles. The molecule has 3 N–H and O–H groups in total. The van der Waals surface area contributed by atoms with Gasteiger partial charge in [-0.1, -0.05) is 59.7 Å². The van der Waals surface area contributed by atoms with Gasteiger partial charge in [-0.3, -0.25) is 9.48 Å². The van der Waals surface area contributed by atoms with Gasteiger partial charge < -0.3 is 11.1 Å². The molecule has 0 bridgehead atoms. The Labute approximate surface area is 172 Å². The SMILES string of the molecule is Cc1ccc(Cn2cc(C(=O)N[C@@H](C)CN)c(-c3ccc(C)cc3)n2)cc1.Cl. The molecule has 0 radical (unpaired) electrons. The number of rotatable bonds is 6. The molecule has 3 rings (SSSR count). The van der Waals surface area contributed by atoms with Crippen molar-refractivity contribution in [2.45, 2.75) is 33.4 Å². The third kappa shape index (κ3) is 5.21. The maximum absolute atomic E-state index is 12.8. The highest BCUT2D eigenvalue weighted by Gasteiger charge is 2.19. The Kier molecular flexibility index (Phi) is 7.38. The summed E-state index contributed by atoms with van der Waals surface area (Å²) >= 11 is 0. The summed E-state index contributed by atoms with van der Waals surface area (Å²) < 4.78 is 1.82. The van der Waals surface area contributed by atoms with Crippen LogP contribution in [0, 0.1) is 13.8 Å². The predicted octanol–water partition coefficient (Wildman–Crippen LogP) is 3.71. The van der Waals surface area contributed by atoms with Crippen LogP contribution in [0.3, 0.4) is 0 Å². The fraction of sp³-hybridized carbons (Fsp3) is 0.273. The zero-order valence-corrected chi connectivity index (χ0v) is 17.3. The lowest BCUT2D eigenvalue weighted by atomic mass is 10.1. The van der Waals surface area contributed by atoms with Crippen molar-refractivity contribution in [2.75, 3.05) is 6.54 Å². The average Bonchev–Trinajstić information content (AvgIpc) is 3.08. The maximum atomic E-state index is 12.8. The van der Waals surface area contributed by atoms with Crippen LogP contribution in [-0.2, 0) is 6.54 Å². The van der Waals surface area contributed by atoms with Crippen molar-refractivity contribution in [3.05, 3.63) is 77.0 Å². The van der Waals surface area contributed by atoms with Gasteiger partial charge in [0.05, 0.1) is 12.1 Å². The van der Waals surface area contributed by atoms with Gasteiger partial charge >= 0.3 is 0 Å². The summed E-state index contributed by atoms with van der Waals surface area (Å²) in [7, 11) is 0. The van der Waals surface area contributed by atoms with Crippen molar-refractivity contribution in [2.24, 2.45) is 5.73 Å². The number of benzene rings is 2. The van der Waals surface area contributed by atoms with Crippen molar-refractivity contribution in [3.63, 3.8) is 0 Å². The van der Waals surface area contributed by atoms with E-state index in [0.717, 1.165) is 11.1 Å². The molecular weight excluding hydrogens is 372 g/mol. The zero-order chi connectivity index (χ0) is 19.4. The van der Waals surface area contributed by atoms with Gasteiger partial charge in [0.2, 0.25) is 0 Å². The molecular formula is C22H27ClN4O. The van der Waals surface area contributed by atoms with Gasteiger partial charge in [0.15, 0.2) is 0 Å². The number of hydrogen-bond acceptors (Lipinski definition) is 3. The maximum Gasteiger partial charge on any atom is 0.255 e. The molecule has 0 spiro atoms. The van der Waals surface area contributed by atoms with Gasteiger partial charge in [-0.05, 0) is 26.3 Å². The first kappa shape index (κ1) is 21.7. The van der Waals surface area contributed by atoms with Crippen LogP contribution in [0.5, 0.6) is 0 Å². The number of aromatic nitrogens is 2. The third-order valence-corrected chi connectivity index (χ3v) is 4.53. The van der Waals surface area contributed by atoms with Crippen LogP contribution in [-0.4, -0.2) is 28.3 Å². The molecule has 3 aromatic rings. The van der Waals surface area contributed by atoms with Crippen LogP contribution in [0.25, 0.3) is 11.3 Å². The number of carbonyl (C=O) groups is 1. The molecule has 5 nitrogen and oxygen atoms in total. The second-order valence-electron chi connectivity index (χ2n) is 7.05. The van der Waals surface area contributed by atoms with Crippen LogP contribution < -0.4 is 11.1 Å². The van der Waals surface area contributed by atoms with Gasteiger partial charge in [-0.2, -0.15) is 5.10 Å². The highest BCUT2D eigenvalue weighted by atomic mass is 35.5. The van der Waals surface area contributed by atoms with Gasteiger partial charge in [0.25, 0.3) is 5.91 Å². The number of hydrogen-bond donors (Lipinski definition) is 2. The molecule has 1 amide bonds. The minimum Gasteiger partial charge on any atom is -0.348 e. The van der Waals surface area contributed by atoms with Crippen LogP contribution in [0.1, 0.15) is 34.0 Å². The number of carbonyl (C=O) groups excluding carboxylic acids is 1. The van der Waals surface area contributed by atoms with E-state index < -0.39 is 0 Å². The molecule has 28 heavy (non-hydrogen) atoms. The van der Waals surface area contributed by atoms with Crippen molar-refractivity contribution in [1.29, 1.82) is 0 Å². The predicted molar refractivity (Wildman–Crippen MR) is 116 cm³/mol. The van der Waals surface area contributed by atoms with Crippen LogP contribution >= 0.6 is 12.4 Å². The first-order valence-corrected chi connectivity index (χ1v) is 9.17. The van der Waals surface area contributed by atoms with E-state index in [0.29, 0.717) is 24.3 Å². The fourth-order valence-electron chi connectivity index (χ4n) is 2.83. The highest BCUT2D eigenvalue weighted by molar-refractivity contribution is 6.00. The Balaban J connectivity index is 0.00000280. The van der Waals surface area contributed by atoms with Gasteiger partial charge in [0, 0.05) is 24.3 Å². The summed E-state index contributed by atoms with van der Waals surface area (Å²) in [5, 5.41) is 7.64. The molecule has 1 atom stereocenters. The highest BCUT2D eigenvalue weighted by Crippen LogP contribution is 2.23. The van der Waals surface area contributed by atoms with Gasteiger partial charge in [-0.15, -0.1) is 12.4 Å². The van der Waals surface area contributed by atoms with E-state index >= 15 is 0 Å². The second-order valence-corrected chi connectivity index (χ2v) is 7.05. The number of amides is 1. The first-order chi connectivity index (χ1) is 13.0. The molecule has 1 aromatic heterocycles. The number of nitrogens with two attached hydrogens (primary N) is 1. The molecule has 0 saturated carbocycles. The molecule has 6 heteroatoms. The van der Waals surface area contributed by atoms with E-state index in [9.17, 15) is 4.79 Å². The van der Waals surface area contributed by atoms with E-state index in [1.54, 1.807) is 0 Å². The third-order valence-electron chi connectivity index (χ3n) is 4.53. The van der Waals surface area contributed by atoms with Crippen molar-refractivity contribution in [3.8, 4) is 11.3 Å². The number of halogens is 1. The molecule has 148 valence electrons. The van der Waals surface area contributed by atoms with E-state index in [4.69, 9.17) is 10.8 Å². The van der Waals surface area contributed by atoms with E-state index in [1.165, 1.54) is 11.1 Å². The summed E-state index contributed by atoms with van der Waals surface area (Å²) in [4.78, 5) is 12.8. The summed E-state index contributed by atoms with van der Waals surface area (Å²) in [5.41, 5.74) is 11.3.